The number of hydrogen-bond donors (Lipinski definition) is 1. The Morgan fingerprint density at radius 3 is 2.57 bits per heavy atom. The molecule has 0 saturated carbocycles. The Bertz CT molecular complexity index is 782. The average molecular weight is 330 g/mol. The molecule has 2 rings (SSSR count). The zero-order valence-corrected chi connectivity index (χ0v) is 12.7. The summed E-state index contributed by atoms with van der Waals surface area (Å²) in [6.07, 6.45) is 0.732. The zero-order valence-electron chi connectivity index (χ0n) is 12.0. The lowest BCUT2D eigenvalue weighted by Gasteiger charge is -2.06. The Morgan fingerprint density at radius 2 is 1.96 bits per heavy atom. The van der Waals surface area contributed by atoms with E-state index in [1.165, 1.54) is 18.2 Å². The second-order valence-corrected chi connectivity index (χ2v) is 5.19. The highest BCUT2D eigenvalue weighted by molar-refractivity contribution is 6.32. The Hall–Kier alpha value is -2.91. The van der Waals surface area contributed by atoms with Crippen LogP contribution < -0.4 is 5.32 Å². The van der Waals surface area contributed by atoms with Gasteiger partial charge in [0.2, 0.25) is 5.91 Å². The number of aryl methyl sites for hydroxylation is 1. The molecule has 0 fully saturated rings. The number of carbonyl (C=O) groups excluding carboxylic acids is 1. The first-order valence-corrected chi connectivity index (χ1v) is 7.10. The lowest BCUT2D eigenvalue weighted by molar-refractivity contribution is -0.384. The fourth-order valence-corrected chi connectivity index (χ4v) is 2.14. The molecule has 23 heavy (non-hydrogen) atoms. The van der Waals surface area contributed by atoms with Crippen molar-refractivity contribution in [2.45, 2.75) is 12.8 Å². The van der Waals surface area contributed by atoms with Crippen LogP contribution in [-0.4, -0.2) is 10.8 Å². The number of nitriles is 1. The first-order chi connectivity index (χ1) is 11.0. The van der Waals surface area contributed by atoms with Gasteiger partial charge in [0.25, 0.3) is 5.69 Å². The number of carbonyl (C=O) groups is 1. The summed E-state index contributed by atoms with van der Waals surface area (Å²) in [5.41, 5.74) is 1.57. The van der Waals surface area contributed by atoms with Crippen molar-refractivity contribution in [3.63, 3.8) is 0 Å². The van der Waals surface area contributed by atoms with E-state index in [2.05, 4.69) is 5.32 Å². The second kappa shape index (κ2) is 7.38. The summed E-state index contributed by atoms with van der Waals surface area (Å²) in [5, 5.41) is 22.2. The SMILES string of the molecule is N#Cc1ccc(CCC(=O)Nc2ccc(Cl)c([N+](=O)[O-])c2)cc1. The van der Waals surface area contributed by atoms with E-state index in [-0.39, 0.29) is 23.0 Å². The van der Waals surface area contributed by atoms with Gasteiger partial charge in [-0.25, -0.2) is 0 Å². The van der Waals surface area contributed by atoms with Crippen LogP contribution in [0.25, 0.3) is 0 Å². The molecule has 0 saturated heterocycles. The number of anilines is 1. The molecule has 0 heterocycles. The Labute approximate surface area is 137 Å². The molecular formula is C16H12ClN3O3. The van der Waals surface area contributed by atoms with Crippen LogP contribution in [0.3, 0.4) is 0 Å². The van der Waals surface area contributed by atoms with Crippen molar-refractivity contribution in [1.82, 2.24) is 0 Å². The van der Waals surface area contributed by atoms with Crippen LogP contribution in [0.2, 0.25) is 5.02 Å². The number of benzene rings is 2. The summed E-state index contributed by atoms with van der Waals surface area (Å²) in [7, 11) is 0. The van der Waals surface area contributed by atoms with Gasteiger partial charge in [-0.05, 0) is 36.2 Å². The minimum atomic E-state index is -0.602. The van der Waals surface area contributed by atoms with Crippen molar-refractivity contribution >= 4 is 28.9 Å². The van der Waals surface area contributed by atoms with Crippen molar-refractivity contribution in [2.75, 3.05) is 5.32 Å². The third kappa shape index (κ3) is 4.53. The van der Waals surface area contributed by atoms with Gasteiger partial charge in [0.15, 0.2) is 0 Å². The van der Waals surface area contributed by atoms with Crippen molar-refractivity contribution in [3.8, 4) is 6.07 Å². The maximum Gasteiger partial charge on any atom is 0.289 e. The van der Waals surface area contributed by atoms with Gasteiger partial charge in [-0.2, -0.15) is 5.26 Å². The Balaban J connectivity index is 1.95. The molecule has 0 aromatic heterocycles. The fraction of sp³-hybridized carbons (Fsp3) is 0.125. The minimum Gasteiger partial charge on any atom is -0.326 e. The van der Waals surface area contributed by atoms with Gasteiger partial charge in [-0.3, -0.25) is 14.9 Å². The molecule has 0 spiro atoms. The monoisotopic (exact) mass is 329 g/mol. The van der Waals surface area contributed by atoms with E-state index in [0.29, 0.717) is 17.7 Å². The Morgan fingerprint density at radius 1 is 1.26 bits per heavy atom. The van der Waals surface area contributed by atoms with Crippen LogP contribution in [0.5, 0.6) is 0 Å². The highest BCUT2D eigenvalue weighted by Gasteiger charge is 2.13. The molecule has 7 heteroatoms. The van der Waals surface area contributed by atoms with E-state index < -0.39 is 4.92 Å². The summed E-state index contributed by atoms with van der Waals surface area (Å²) >= 11 is 5.72. The number of nitro groups is 1. The van der Waals surface area contributed by atoms with Gasteiger partial charge in [-0.1, -0.05) is 23.7 Å². The van der Waals surface area contributed by atoms with E-state index in [0.717, 1.165) is 5.56 Å². The normalized spacial score (nSPS) is 9.91. The third-order valence-corrected chi connectivity index (χ3v) is 3.47. The summed E-state index contributed by atoms with van der Waals surface area (Å²) in [5.74, 6) is -0.258. The highest BCUT2D eigenvalue weighted by atomic mass is 35.5. The molecule has 0 bridgehead atoms. The lowest BCUT2D eigenvalue weighted by atomic mass is 10.1. The van der Waals surface area contributed by atoms with E-state index in [1.807, 2.05) is 6.07 Å². The molecule has 0 aliphatic rings. The zero-order chi connectivity index (χ0) is 16.8. The maximum absolute atomic E-state index is 11.9. The van der Waals surface area contributed by atoms with Crippen LogP contribution in [0.1, 0.15) is 17.5 Å². The van der Waals surface area contributed by atoms with Gasteiger partial charge in [0.1, 0.15) is 5.02 Å². The highest BCUT2D eigenvalue weighted by Crippen LogP contribution is 2.27. The summed E-state index contributed by atoms with van der Waals surface area (Å²) < 4.78 is 0. The molecule has 0 unspecified atom stereocenters. The number of nitrogens with one attached hydrogen (secondary N) is 1. The molecule has 0 aliphatic carbocycles. The molecule has 1 amide bonds. The molecule has 6 nitrogen and oxygen atoms in total. The van der Waals surface area contributed by atoms with Crippen molar-refractivity contribution in [3.05, 3.63) is 68.7 Å². The van der Waals surface area contributed by atoms with E-state index in [9.17, 15) is 14.9 Å². The van der Waals surface area contributed by atoms with E-state index >= 15 is 0 Å². The number of halogens is 1. The van der Waals surface area contributed by atoms with E-state index in [1.54, 1.807) is 24.3 Å². The predicted molar refractivity (Wildman–Crippen MR) is 86.2 cm³/mol. The molecule has 0 radical (unpaired) electrons. The number of rotatable bonds is 5. The standard InChI is InChI=1S/C16H12ClN3O3/c17-14-7-6-13(9-15(14)20(22)23)19-16(21)8-5-11-1-3-12(10-18)4-2-11/h1-4,6-7,9H,5,8H2,(H,19,21). The minimum absolute atomic E-state index is 0.0191. The molecule has 0 atom stereocenters. The fourth-order valence-electron chi connectivity index (χ4n) is 1.96. The average Bonchev–Trinajstić information content (AvgIpc) is 2.55. The van der Waals surface area contributed by atoms with Gasteiger partial charge in [-0.15, -0.1) is 0 Å². The molecule has 116 valence electrons. The predicted octanol–water partition coefficient (Wildman–Crippen LogP) is 3.69. The van der Waals surface area contributed by atoms with Crippen molar-refractivity contribution < 1.29 is 9.72 Å². The first kappa shape index (κ1) is 16.5. The molecule has 2 aromatic carbocycles. The molecule has 2 aromatic rings. The van der Waals surface area contributed by atoms with Gasteiger partial charge in [0.05, 0.1) is 16.6 Å². The molecule has 0 aliphatic heterocycles. The van der Waals surface area contributed by atoms with Gasteiger partial charge >= 0.3 is 0 Å². The number of nitrogens with zero attached hydrogens (tertiary/aromatic N) is 2. The van der Waals surface area contributed by atoms with Crippen LogP contribution in [0.15, 0.2) is 42.5 Å². The van der Waals surface area contributed by atoms with Crippen LogP contribution in [0.4, 0.5) is 11.4 Å². The quantitative estimate of drug-likeness (QED) is 0.668. The van der Waals surface area contributed by atoms with Crippen LogP contribution >= 0.6 is 11.6 Å². The number of amides is 1. The molecule has 1 N–H and O–H groups in total. The smallest absolute Gasteiger partial charge is 0.289 e. The van der Waals surface area contributed by atoms with Gasteiger partial charge in [0, 0.05) is 18.2 Å². The van der Waals surface area contributed by atoms with Crippen LogP contribution in [0, 0.1) is 21.4 Å². The Kier molecular flexibility index (Phi) is 5.28. The summed E-state index contributed by atoms with van der Waals surface area (Å²) in [6, 6.07) is 13.1. The third-order valence-electron chi connectivity index (χ3n) is 3.15. The lowest BCUT2D eigenvalue weighted by Crippen LogP contribution is -2.12. The van der Waals surface area contributed by atoms with Gasteiger partial charge < -0.3 is 5.32 Å². The number of nitro benzene ring substituents is 1. The van der Waals surface area contributed by atoms with Crippen LogP contribution in [-0.2, 0) is 11.2 Å². The summed E-state index contributed by atoms with van der Waals surface area (Å²) in [4.78, 5) is 22.1. The van der Waals surface area contributed by atoms with Crippen molar-refractivity contribution in [1.29, 1.82) is 5.26 Å². The summed E-state index contributed by atoms with van der Waals surface area (Å²) in [6.45, 7) is 0. The first-order valence-electron chi connectivity index (χ1n) is 6.72. The van der Waals surface area contributed by atoms with E-state index in [4.69, 9.17) is 16.9 Å². The molecular weight excluding hydrogens is 318 g/mol. The topological polar surface area (TPSA) is 96.0 Å². The number of hydrogen-bond acceptors (Lipinski definition) is 4. The van der Waals surface area contributed by atoms with Crippen molar-refractivity contribution in [2.24, 2.45) is 0 Å². The largest absolute Gasteiger partial charge is 0.326 e. The maximum atomic E-state index is 11.9. The second-order valence-electron chi connectivity index (χ2n) is 4.78.